The monoisotopic (exact) mass is 355 g/mol. The van der Waals surface area contributed by atoms with E-state index in [-0.39, 0.29) is 22.9 Å². The van der Waals surface area contributed by atoms with Crippen LogP contribution in [-0.2, 0) is 0 Å². The number of hydrogen-bond acceptors (Lipinski definition) is 4. The number of amides is 2. The molecule has 2 amide bonds. The summed E-state index contributed by atoms with van der Waals surface area (Å²) in [6.07, 6.45) is 0. The summed E-state index contributed by atoms with van der Waals surface area (Å²) in [5, 5.41) is 11.7. The average molecular weight is 355 g/mol. The second-order valence-electron chi connectivity index (χ2n) is 5.64. The summed E-state index contributed by atoms with van der Waals surface area (Å²) >= 11 is 0. The van der Waals surface area contributed by atoms with Gasteiger partial charge in [-0.25, -0.2) is 9.78 Å². The fourth-order valence-electron chi connectivity index (χ4n) is 2.50. The number of pyridine rings is 1. The lowest BCUT2D eigenvalue weighted by Crippen LogP contribution is -2.30. The van der Waals surface area contributed by atoms with E-state index in [0.29, 0.717) is 24.3 Å². The smallest absolute Gasteiger partial charge is 0.337 e. The van der Waals surface area contributed by atoms with E-state index in [1.165, 1.54) is 19.1 Å². The highest BCUT2D eigenvalue weighted by atomic mass is 16.4. The van der Waals surface area contributed by atoms with Crippen molar-refractivity contribution in [3.63, 3.8) is 0 Å². The first-order chi connectivity index (χ1) is 12.4. The Balaban J connectivity index is 2.11. The molecule has 0 spiro atoms. The lowest BCUT2D eigenvalue weighted by molar-refractivity contribution is 0.0694. The number of carbonyl (C=O) groups excluding carboxylic acids is 2. The normalized spacial score (nSPS) is 10.3. The zero-order chi connectivity index (χ0) is 19.3. The van der Waals surface area contributed by atoms with Gasteiger partial charge in [0.2, 0.25) is 0 Å². The maximum Gasteiger partial charge on any atom is 0.337 e. The minimum absolute atomic E-state index is 0.0563. The molecule has 26 heavy (non-hydrogen) atoms. The van der Waals surface area contributed by atoms with E-state index in [0.717, 1.165) is 0 Å². The Labute approximate surface area is 151 Å². The van der Waals surface area contributed by atoms with Crippen LogP contribution >= 0.6 is 0 Å². The summed E-state index contributed by atoms with van der Waals surface area (Å²) in [5.41, 5.74) is 1.52. The van der Waals surface area contributed by atoms with Crippen molar-refractivity contribution in [3.8, 4) is 0 Å². The van der Waals surface area contributed by atoms with Crippen LogP contribution in [0.2, 0.25) is 0 Å². The quantitative estimate of drug-likeness (QED) is 0.830. The number of benzene rings is 1. The van der Waals surface area contributed by atoms with Crippen molar-refractivity contribution in [2.24, 2.45) is 0 Å². The summed E-state index contributed by atoms with van der Waals surface area (Å²) < 4.78 is 0. The first-order valence-corrected chi connectivity index (χ1v) is 8.29. The average Bonchev–Trinajstić information content (AvgIpc) is 2.62. The van der Waals surface area contributed by atoms with Crippen molar-refractivity contribution in [2.75, 3.05) is 18.4 Å². The van der Waals surface area contributed by atoms with Gasteiger partial charge in [0, 0.05) is 24.3 Å². The molecule has 0 bridgehead atoms. The Kier molecular flexibility index (Phi) is 6.06. The van der Waals surface area contributed by atoms with Crippen molar-refractivity contribution in [1.82, 2.24) is 9.88 Å². The predicted octanol–water partition coefficient (Wildman–Crippen LogP) is 2.82. The van der Waals surface area contributed by atoms with Crippen LogP contribution in [0.4, 0.5) is 5.69 Å². The minimum atomic E-state index is -1.09. The Morgan fingerprint density at radius 2 is 1.65 bits per heavy atom. The van der Waals surface area contributed by atoms with Gasteiger partial charge in [0.05, 0.1) is 11.3 Å². The van der Waals surface area contributed by atoms with Crippen molar-refractivity contribution in [2.45, 2.75) is 20.8 Å². The van der Waals surface area contributed by atoms with E-state index in [1.807, 2.05) is 13.8 Å². The third-order valence-electron chi connectivity index (χ3n) is 3.99. The van der Waals surface area contributed by atoms with Crippen LogP contribution in [0.5, 0.6) is 0 Å². The molecular weight excluding hydrogens is 334 g/mol. The van der Waals surface area contributed by atoms with Crippen molar-refractivity contribution in [3.05, 3.63) is 58.9 Å². The Morgan fingerprint density at radius 3 is 2.15 bits per heavy atom. The maximum atomic E-state index is 12.3. The van der Waals surface area contributed by atoms with E-state index in [4.69, 9.17) is 5.11 Å². The number of nitrogens with one attached hydrogen (secondary N) is 1. The second-order valence-corrected chi connectivity index (χ2v) is 5.64. The van der Waals surface area contributed by atoms with Crippen LogP contribution in [0.3, 0.4) is 0 Å². The molecule has 7 nitrogen and oxygen atoms in total. The fourth-order valence-corrected chi connectivity index (χ4v) is 2.50. The SMILES string of the molecule is CCN(CC)C(=O)c1ccc(NC(=O)c2ccc(C(=O)O)c(C)n2)cc1. The summed E-state index contributed by atoms with van der Waals surface area (Å²) in [4.78, 5) is 41.3. The highest BCUT2D eigenvalue weighted by Crippen LogP contribution is 2.14. The van der Waals surface area contributed by atoms with Gasteiger partial charge in [-0.05, 0) is 57.2 Å². The van der Waals surface area contributed by atoms with Crippen molar-refractivity contribution >= 4 is 23.5 Å². The minimum Gasteiger partial charge on any atom is -0.478 e. The molecule has 2 rings (SSSR count). The highest BCUT2D eigenvalue weighted by molar-refractivity contribution is 6.03. The zero-order valence-electron chi connectivity index (χ0n) is 14.9. The van der Waals surface area contributed by atoms with E-state index in [1.54, 1.807) is 29.2 Å². The lowest BCUT2D eigenvalue weighted by atomic mass is 10.1. The van der Waals surface area contributed by atoms with E-state index < -0.39 is 11.9 Å². The van der Waals surface area contributed by atoms with E-state index in [9.17, 15) is 14.4 Å². The number of anilines is 1. The number of aryl methyl sites for hydroxylation is 1. The lowest BCUT2D eigenvalue weighted by Gasteiger charge is -2.18. The van der Waals surface area contributed by atoms with Crippen LogP contribution < -0.4 is 5.32 Å². The zero-order valence-corrected chi connectivity index (χ0v) is 14.9. The van der Waals surface area contributed by atoms with Gasteiger partial charge in [-0.1, -0.05) is 0 Å². The number of aromatic carboxylic acids is 1. The molecule has 0 atom stereocenters. The van der Waals surface area contributed by atoms with Crippen LogP contribution in [-0.4, -0.2) is 45.9 Å². The van der Waals surface area contributed by atoms with Gasteiger partial charge in [0.15, 0.2) is 0 Å². The molecule has 0 fully saturated rings. The van der Waals surface area contributed by atoms with Gasteiger partial charge >= 0.3 is 5.97 Å². The maximum absolute atomic E-state index is 12.3. The van der Waals surface area contributed by atoms with Crippen LogP contribution in [0.25, 0.3) is 0 Å². The van der Waals surface area contributed by atoms with Gasteiger partial charge < -0.3 is 15.3 Å². The number of nitrogens with zero attached hydrogens (tertiary/aromatic N) is 2. The highest BCUT2D eigenvalue weighted by Gasteiger charge is 2.15. The Morgan fingerprint density at radius 1 is 1.04 bits per heavy atom. The van der Waals surface area contributed by atoms with Gasteiger partial charge in [-0.3, -0.25) is 9.59 Å². The molecule has 1 aromatic carbocycles. The fraction of sp³-hybridized carbons (Fsp3) is 0.263. The molecule has 7 heteroatoms. The van der Waals surface area contributed by atoms with Crippen LogP contribution in [0.1, 0.15) is 50.7 Å². The summed E-state index contributed by atoms with van der Waals surface area (Å²) in [5.74, 6) is -1.60. The number of carboxylic acid groups (broad SMARTS) is 1. The number of rotatable bonds is 6. The molecule has 0 saturated carbocycles. The summed E-state index contributed by atoms with van der Waals surface area (Å²) in [6.45, 7) is 6.63. The van der Waals surface area contributed by atoms with Gasteiger partial charge in [0.25, 0.3) is 11.8 Å². The summed E-state index contributed by atoms with van der Waals surface area (Å²) in [7, 11) is 0. The number of hydrogen-bond donors (Lipinski definition) is 2. The van der Waals surface area contributed by atoms with Gasteiger partial charge in [0.1, 0.15) is 5.69 Å². The molecule has 0 unspecified atom stereocenters. The number of aromatic nitrogens is 1. The van der Waals surface area contributed by atoms with Crippen LogP contribution in [0, 0.1) is 6.92 Å². The topological polar surface area (TPSA) is 99.6 Å². The molecule has 2 N–H and O–H groups in total. The van der Waals surface area contributed by atoms with Gasteiger partial charge in [-0.2, -0.15) is 0 Å². The van der Waals surface area contributed by atoms with E-state index >= 15 is 0 Å². The van der Waals surface area contributed by atoms with Gasteiger partial charge in [-0.15, -0.1) is 0 Å². The first kappa shape index (κ1) is 19.1. The largest absolute Gasteiger partial charge is 0.478 e. The Hall–Kier alpha value is -3.22. The standard InChI is InChI=1S/C19H21N3O4/c1-4-22(5-2)18(24)13-6-8-14(9-7-13)21-17(23)16-11-10-15(19(25)26)12(3)20-16/h6-11H,4-5H2,1-3H3,(H,21,23)(H,25,26). The molecule has 1 aromatic heterocycles. The molecule has 0 radical (unpaired) electrons. The first-order valence-electron chi connectivity index (χ1n) is 8.29. The second kappa shape index (κ2) is 8.24. The van der Waals surface area contributed by atoms with E-state index in [2.05, 4.69) is 10.3 Å². The van der Waals surface area contributed by atoms with Crippen molar-refractivity contribution in [1.29, 1.82) is 0 Å². The number of carboxylic acids is 1. The number of carbonyl (C=O) groups is 3. The molecule has 0 saturated heterocycles. The summed E-state index contributed by atoms with van der Waals surface area (Å²) in [6, 6.07) is 9.32. The van der Waals surface area contributed by atoms with Crippen molar-refractivity contribution < 1.29 is 19.5 Å². The molecule has 0 aliphatic heterocycles. The molecule has 0 aliphatic carbocycles. The third-order valence-corrected chi connectivity index (χ3v) is 3.99. The Bertz CT molecular complexity index is 827. The third kappa shape index (κ3) is 4.24. The van der Waals surface area contributed by atoms with Crippen LogP contribution in [0.15, 0.2) is 36.4 Å². The predicted molar refractivity (Wildman–Crippen MR) is 97.6 cm³/mol. The molecular formula is C19H21N3O4. The molecule has 1 heterocycles. The molecule has 136 valence electrons. The molecule has 2 aromatic rings. The molecule has 0 aliphatic rings.